The Balaban J connectivity index is 1.63. The van der Waals surface area contributed by atoms with Crippen molar-refractivity contribution < 1.29 is 18.6 Å². The van der Waals surface area contributed by atoms with Gasteiger partial charge in [-0.1, -0.05) is 6.07 Å². The highest BCUT2D eigenvalue weighted by Gasteiger charge is 2.20. The summed E-state index contributed by atoms with van der Waals surface area (Å²) in [6.07, 6.45) is 0.601. The SMILES string of the molecule is CN1CCN(S(=O)c2ccc(C(=O)Nc3cccc(C(=O)NCC=O)c3)cc2)CC1. The number of rotatable bonds is 7. The third-order valence-corrected chi connectivity index (χ3v) is 6.25. The molecule has 30 heavy (non-hydrogen) atoms. The molecule has 0 saturated carbocycles. The van der Waals surface area contributed by atoms with E-state index in [9.17, 15) is 18.6 Å². The van der Waals surface area contributed by atoms with E-state index in [1.54, 1.807) is 42.5 Å². The van der Waals surface area contributed by atoms with Crippen molar-refractivity contribution in [3.8, 4) is 0 Å². The number of hydrogen-bond donors (Lipinski definition) is 2. The van der Waals surface area contributed by atoms with Gasteiger partial charge in [0.2, 0.25) is 0 Å². The number of anilines is 1. The number of hydrogen-bond acceptors (Lipinski definition) is 5. The number of benzene rings is 2. The molecule has 1 unspecified atom stereocenters. The summed E-state index contributed by atoms with van der Waals surface area (Å²) in [5.74, 6) is -0.730. The van der Waals surface area contributed by atoms with Crippen LogP contribution in [-0.4, -0.2) is 71.3 Å². The quantitative estimate of drug-likeness (QED) is 0.645. The average molecular weight is 429 g/mol. The lowest BCUT2D eigenvalue weighted by Crippen LogP contribution is -2.45. The Morgan fingerprint density at radius 1 is 1.00 bits per heavy atom. The third kappa shape index (κ3) is 5.59. The predicted molar refractivity (Wildman–Crippen MR) is 115 cm³/mol. The van der Waals surface area contributed by atoms with E-state index in [4.69, 9.17) is 0 Å². The van der Waals surface area contributed by atoms with Crippen LogP contribution in [0.25, 0.3) is 0 Å². The van der Waals surface area contributed by atoms with E-state index in [-0.39, 0.29) is 12.5 Å². The van der Waals surface area contributed by atoms with Crippen LogP contribution in [0, 0.1) is 0 Å². The highest BCUT2D eigenvalue weighted by Crippen LogP contribution is 2.16. The third-order valence-electron chi connectivity index (χ3n) is 4.74. The Bertz CT molecular complexity index is 940. The van der Waals surface area contributed by atoms with Gasteiger partial charge >= 0.3 is 0 Å². The summed E-state index contributed by atoms with van der Waals surface area (Å²) in [5.41, 5.74) is 1.22. The molecule has 1 atom stereocenters. The Hall–Kier alpha value is -2.88. The van der Waals surface area contributed by atoms with Gasteiger partial charge in [0.1, 0.15) is 17.3 Å². The first-order valence-corrected chi connectivity index (χ1v) is 10.7. The van der Waals surface area contributed by atoms with Gasteiger partial charge in [-0.25, -0.2) is 8.51 Å². The van der Waals surface area contributed by atoms with E-state index < -0.39 is 16.9 Å². The van der Waals surface area contributed by atoms with Gasteiger partial charge in [0.15, 0.2) is 0 Å². The molecule has 1 fully saturated rings. The molecule has 0 radical (unpaired) electrons. The second-order valence-corrected chi connectivity index (χ2v) is 8.40. The van der Waals surface area contributed by atoms with Crippen molar-refractivity contribution in [1.29, 1.82) is 0 Å². The Morgan fingerprint density at radius 2 is 1.70 bits per heavy atom. The van der Waals surface area contributed by atoms with E-state index in [1.807, 2.05) is 11.4 Å². The minimum absolute atomic E-state index is 0.0722. The van der Waals surface area contributed by atoms with E-state index in [0.29, 0.717) is 28.0 Å². The maximum absolute atomic E-state index is 12.7. The van der Waals surface area contributed by atoms with Gasteiger partial charge in [0, 0.05) is 43.0 Å². The van der Waals surface area contributed by atoms with Gasteiger partial charge in [-0.2, -0.15) is 0 Å². The highest BCUT2D eigenvalue weighted by molar-refractivity contribution is 7.82. The van der Waals surface area contributed by atoms with Crippen LogP contribution < -0.4 is 10.6 Å². The lowest BCUT2D eigenvalue weighted by atomic mass is 10.1. The van der Waals surface area contributed by atoms with Crippen LogP contribution in [0.5, 0.6) is 0 Å². The van der Waals surface area contributed by atoms with E-state index in [1.165, 1.54) is 6.07 Å². The monoisotopic (exact) mass is 428 g/mol. The van der Waals surface area contributed by atoms with Crippen molar-refractivity contribution in [3.63, 3.8) is 0 Å². The fourth-order valence-corrected chi connectivity index (χ4v) is 4.17. The molecule has 0 aliphatic carbocycles. The number of amides is 2. The van der Waals surface area contributed by atoms with Gasteiger partial charge in [0.25, 0.3) is 11.8 Å². The Morgan fingerprint density at radius 3 is 2.37 bits per heavy atom. The molecule has 8 nitrogen and oxygen atoms in total. The fraction of sp³-hybridized carbons (Fsp3) is 0.286. The van der Waals surface area contributed by atoms with Crippen LogP contribution in [0.3, 0.4) is 0 Å². The zero-order valence-electron chi connectivity index (χ0n) is 16.7. The maximum Gasteiger partial charge on any atom is 0.255 e. The molecule has 0 aromatic heterocycles. The minimum atomic E-state index is -1.25. The average Bonchev–Trinajstić information content (AvgIpc) is 2.77. The normalized spacial score (nSPS) is 15.9. The first kappa shape index (κ1) is 21.8. The van der Waals surface area contributed by atoms with Crippen molar-refractivity contribution in [2.75, 3.05) is 45.1 Å². The number of piperazine rings is 1. The van der Waals surface area contributed by atoms with Crippen molar-refractivity contribution in [2.45, 2.75) is 4.90 Å². The number of carbonyl (C=O) groups is 3. The van der Waals surface area contributed by atoms with E-state index >= 15 is 0 Å². The topological polar surface area (TPSA) is 98.8 Å². The Kier molecular flexibility index (Phi) is 7.45. The fourth-order valence-electron chi connectivity index (χ4n) is 3.00. The molecule has 2 aromatic rings. The van der Waals surface area contributed by atoms with Crippen LogP contribution >= 0.6 is 0 Å². The molecule has 2 N–H and O–H groups in total. The molecule has 0 spiro atoms. The zero-order valence-corrected chi connectivity index (χ0v) is 17.5. The number of likely N-dealkylation sites (N-methyl/N-ethyl adjacent to an activating group) is 1. The first-order valence-electron chi connectivity index (χ1n) is 9.56. The smallest absolute Gasteiger partial charge is 0.255 e. The van der Waals surface area contributed by atoms with Gasteiger partial charge in [-0.05, 0) is 49.5 Å². The van der Waals surface area contributed by atoms with Crippen LogP contribution in [0.15, 0.2) is 53.4 Å². The summed E-state index contributed by atoms with van der Waals surface area (Å²) in [5, 5.41) is 5.20. The summed E-state index contributed by atoms with van der Waals surface area (Å²) in [6, 6.07) is 13.1. The number of carbonyl (C=O) groups excluding carboxylic acids is 3. The molecule has 9 heteroatoms. The lowest BCUT2D eigenvalue weighted by molar-refractivity contribution is -0.107. The summed E-state index contributed by atoms with van der Waals surface area (Å²) in [7, 11) is 0.793. The molecule has 0 bridgehead atoms. The minimum Gasteiger partial charge on any atom is -0.345 e. The van der Waals surface area contributed by atoms with E-state index in [2.05, 4.69) is 15.5 Å². The van der Waals surface area contributed by atoms with Crippen molar-refractivity contribution in [1.82, 2.24) is 14.5 Å². The molecule has 1 aliphatic rings. The molecular formula is C21H24N4O4S. The van der Waals surface area contributed by atoms with Crippen LogP contribution in [0.4, 0.5) is 5.69 Å². The second kappa shape index (κ2) is 10.2. The largest absolute Gasteiger partial charge is 0.345 e. The van der Waals surface area contributed by atoms with Crippen molar-refractivity contribution in [2.24, 2.45) is 0 Å². The Labute approximate surface area is 177 Å². The molecule has 1 saturated heterocycles. The molecule has 1 heterocycles. The molecule has 158 valence electrons. The van der Waals surface area contributed by atoms with Crippen LogP contribution in [-0.2, 0) is 15.8 Å². The van der Waals surface area contributed by atoms with Crippen molar-refractivity contribution >= 4 is 34.8 Å². The molecule has 2 amide bonds. The maximum atomic E-state index is 12.7. The molecular weight excluding hydrogens is 404 g/mol. The molecule has 2 aromatic carbocycles. The molecule has 3 rings (SSSR count). The summed E-state index contributed by atoms with van der Waals surface area (Å²) >= 11 is 0. The lowest BCUT2D eigenvalue weighted by Gasteiger charge is -2.31. The molecule has 1 aliphatic heterocycles. The van der Waals surface area contributed by atoms with E-state index in [0.717, 1.165) is 26.2 Å². The van der Waals surface area contributed by atoms with Gasteiger partial charge < -0.3 is 20.3 Å². The highest BCUT2D eigenvalue weighted by atomic mass is 32.2. The summed E-state index contributed by atoms with van der Waals surface area (Å²) in [6.45, 7) is 3.15. The second-order valence-electron chi connectivity index (χ2n) is 6.92. The predicted octanol–water partition coefficient (Wildman–Crippen LogP) is 1.14. The van der Waals surface area contributed by atoms with Crippen molar-refractivity contribution in [3.05, 3.63) is 59.7 Å². The van der Waals surface area contributed by atoms with Gasteiger partial charge in [0.05, 0.1) is 11.4 Å². The van der Waals surface area contributed by atoms with Crippen LogP contribution in [0.1, 0.15) is 20.7 Å². The summed E-state index contributed by atoms with van der Waals surface area (Å²) < 4.78 is 14.6. The number of nitrogens with one attached hydrogen (secondary N) is 2. The zero-order chi connectivity index (χ0) is 21.5. The standard InChI is InChI=1S/C21H24N4O4S/c1-24-10-12-25(13-11-24)30(29)19-7-5-16(6-8-19)21(28)23-18-4-2-3-17(15-18)20(27)22-9-14-26/h2-8,14-15H,9-13H2,1H3,(H,22,27)(H,23,28). The summed E-state index contributed by atoms with van der Waals surface area (Å²) in [4.78, 5) is 37.7. The van der Waals surface area contributed by atoms with Gasteiger partial charge in [-0.3, -0.25) is 9.59 Å². The number of nitrogens with zero attached hydrogens (tertiary/aromatic N) is 2. The van der Waals surface area contributed by atoms with Gasteiger partial charge in [-0.15, -0.1) is 0 Å². The first-order chi connectivity index (χ1) is 14.5. The van der Waals surface area contributed by atoms with Crippen LogP contribution in [0.2, 0.25) is 0 Å². The number of aldehydes is 1.